The number of aliphatic hydroxyl groups excluding tert-OH is 1. The molecule has 1 unspecified atom stereocenters. The van der Waals surface area contributed by atoms with E-state index in [2.05, 4.69) is 0 Å². The number of aryl methyl sites for hydroxylation is 1. The van der Waals surface area contributed by atoms with Crippen LogP contribution in [-0.2, 0) is 0 Å². The fourth-order valence-electron chi connectivity index (χ4n) is 2.34. The topological polar surface area (TPSA) is 42.6 Å². The molecule has 1 N–H and O–H groups in total. The number of ether oxygens (including phenoxy) is 1. The molecule has 21 heavy (non-hydrogen) atoms. The molecule has 0 radical (unpaired) electrons. The Kier molecular flexibility index (Phi) is 3.39. The average Bonchev–Trinajstić information content (AvgIpc) is 2.89. The minimum atomic E-state index is -1.02. The minimum absolute atomic E-state index is 0.145. The highest BCUT2D eigenvalue weighted by Gasteiger charge is 2.17. The number of methoxy groups -OCH3 is 1. The molecular weight excluding hydrogens is 271 g/mol. The zero-order chi connectivity index (χ0) is 15.0. The predicted molar refractivity (Wildman–Crippen MR) is 78.0 cm³/mol. The summed E-state index contributed by atoms with van der Waals surface area (Å²) in [6.07, 6.45) is -1.02. The van der Waals surface area contributed by atoms with Crippen LogP contribution < -0.4 is 4.74 Å². The first kappa shape index (κ1) is 13.6. The van der Waals surface area contributed by atoms with Gasteiger partial charge in [0.15, 0.2) is 11.6 Å². The van der Waals surface area contributed by atoms with Gasteiger partial charge < -0.3 is 14.3 Å². The molecule has 3 nitrogen and oxygen atoms in total. The van der Waals surface area contributed by atoms with Gasteiger partial charge in [0.2, 0.25) is 0 Å². The highest BCUT2D eigenvalue weighted by Crippen LogP contribution is 2.30. The van der Waals surface area contributed by atoms with Gasteiger partial charge in [-0.05, 0) is 42.8 Å². The van der Waals surface area contributed by atoms with Crippen LogP contribution in [0.2, 0.25) is 0 Å². The maximum absolute atomic E-state index is 13.7. The molecule has 0 bridgehead atoms. The number of halogens is 1. The van der Waals surface area contributed by atoms with Crippen molar-refractivity contribution in [3.05, 3.63) is 65.2 Å². The van der Waals surface area contributed by atoms with E-state index in [-0.39, 0.29) is 5.75 Å². The van der Waals surface area contributed by atoms with Crippen LogP contribution in [0.15, 0.2) is 46.9 Å². The van der Waals surface area contributed by atoms with Gasteiger partial charge in [0.1, 0.15) is 17.4 Å². The third-order valence-electron chi connectivity index (χ3n) is 3.45. The summed E-state index contributed by atoms with van der Waals surface area (Å²) in [7, 11) is 1.40. The molecule has 0 saturated carbocycles. The molecule has 108 valence electrons. The normalized spacial score (nSPS) is 12.6. The first-order chi connectivity index (χ1) is 10.1. The van der Waals surface area contributed by atoms with Crippen molar-refractivity contribution in [2.75, 3.05) is 7.11 Å². The van der Waals surface area contributed by atoms with Crippen molar-refractivity contribution in [1.82, 2.24) is 0 Å². The van der Waals surface area contributed by atoms with E-state index in [0.29, 0.717) is 16.9 Å². The van der Waals surface area contributed by atoms with Gasteiger partial charge in [-0.1, -0.05) is 17.7 Å². The quantitative estimate of drug-likeness (QED) is 0.792. The summed E-state index contributed by atoms with van der Waals surface area (Å²) in [6.45, 7) is 1.99. The Bertz CT molecular complexity index is 792. The van der Waals surface area contributed by atoms with Gasteiger partial charge in [0, 0.05) is 5.39 Å². The molecule has 1 atom stereocenters. The highest BCUT2D eigenvalue weighted by molar-refractivity contribution is 5.78. The van der Waals surface area contributed by atoms with E-state index in [1.165, 1.54) is 19.2 Å². The summed E-state index contributed by atoms with van der Waals surface area (Å²) in [5.74, 6) is 0.0207. The summed E-state index contributed by atoms with van der Waals surface area (Å²) in [6, 6.07) is 11.9. The van der Waals surface area contributed by atoms with Gasteiger partial charge in [-0.15, -0.1) is 0 Å². The lowest BCUT2D eigenvalue weighted by Gasteiger charge is -2.09. The van der Waals surface area contributed by atoms with Crippen molar-refractivity contribution in [2.24, 2.45) is 0 Å². The second kappa shape index (κ2) is 5.22. The van der Waals surface area contributed by atoms with Crippen LogP contribution in [-0.4, -0.2) is 12.2 Å². The number of rotatable bonds is 3. The second-order valence-electron chi connectivity index (χ2n) is 4.99. The molecule has 0 spiro atoms. The van der Waals surface area contributed by atoms with Crippen LogP contribution in [0.5, 0.6) is 5.75 Å². The Labute approximate surface area is 121 Å². The van der Waals surface area contributed by atoms with E-state index in [9.17, 15) is 9.50 Å². The molecule has 3 aromatic rings. The maximum Gasteiger partial charge on any atom is 0.165 e. The lowest BCUT2D eigenvalue weighted by molar-refractivity contribution is 0.191. The van der Waals surface area contributed by atoms with Crippen LogP contribution in [0.4, 0.5) is 4.39 Å². The molecule has 3 rings (SSSR count). The summed E-state index contributed by atoms with van der Waals surface area (Å²) in [4.78, 5) is 0. The van der Waals surface area contributed by atoms with Gasteiger partial charge in [0.25, 0.3) is 0 Å². The molecule has 0 aliphatic heterocycles. The molecule has 1 aromatic heterocycles. The van der Waals surface area contributed by atoms with Gasteiger partial charge >= 0.3 is 0 Å². The SMILES string of the molecule is COc1ccc(C(O)c2cc3cc(C)ccc3o2)cc1F. The first-order valence-corrected chi connectivity index (χ1v) is 6.60. The van der Waals surface area contributed by atoms with E-state index in [1.807, 2.05) is 25.1 Å². The Hall–Kier alpha value is -2.33. The van der Waals surface area contributed by atoms with Gasteiger partial charge in [-0.3, -0.25) is 0 Å². The number of hydrogen-bond donors (Lipinski definition) is 1. The zero-order valence-electron chi connectivity index (χ0n) is 11.8. The van der Waals surface area contributed by atoms with Crippen molar-refractivity contribution in [1.29, 1.82) is 0 Å². The van der Waals surface area contributed by atoms with Crippen molar-refractivity contribution in [3.8, 4) is 5.75 Å². The fourth-order valence-corrected chi connectivity index (χ4v) is 2.34. The first-order valence-electron chi connectivity index (χ1n) is 6.60. The molecule has 2 aromatic carbocycles. The van der Waals surface area contributed by atoms with Gasteiger partial charge in [-0.2, -0.15) is 0 Å². The Morgan fingerprint density at radius 2 is 1.95 bits per heavy atom. The average molecular weight is 286 g/mol. The zero-order valence-corrected chi connectivity index (χ0v) is 11.8. The summed E-state index contributed by atoms with van der Waals surface area (Å²) >= 11 is 0. The van der Waals surface area contributed by atoms with Crippen molar-refractivity contribution in [2.45, 2.75) is 13.0 Å². The van der Waals surface area contributed by atoms with Crippen molar-refractivity contribution >= 4 is 11.0 Å². The highest BCUT2D eigenvalue weighted by atomic mass is 19.1. The lowest BCUT2D eigenvalue weighted by Crippen LogP contribution is -1.99. The predicted octanol–water partition coefficient (Wildman–Crippen LogP) is 3.97. The smallest absolute Gasteiger partial charge is 0.165 e. The lowest BCUT2D eigenvalue weighted by atomic mass is 10.1. The van der Waals surface area contributed by atoms with E-state index >= 15 is 0 Å². The number of fused-ring (bicyclic) bond motifs is 1. The van der Waals surface area contributed by atoms with Crippen LogP contribution in [0.1, 0.15) is 23.0 Å². The van der Waals surface area contributed by atoms with Crippen LogP contribution >= 0.6 is 0 Å². The third kappa shape index (κ3) is 2.50. The third-order valence-corrected chi connectivity index (χ3v) is 3.45. The molecule has 0 fully saturated rings. The van der Waals surface area contributed by atoms with Crippen LogP contribution in [0.25, 0.3) is 11.0 Å². The van der Waals surface area contributed by atoms with Crippen LogP contribution in [0.3, 0.4) is 0 Å². The largest absolute Gasteiger partial charge is 0.494 e. The Morgan fingerprint density at radius 1 is 1.14 bits per heavy atom. The van der Waals surface area contributed by atoms with Crippen molar-refractivity contribution < 1.29 is 18.7 Å². The molecule has 0 amide bonds. The monoisotopic (exact) mass is 286 g/mol. The van der Waals surface area contributed by atoms with Crippen LogP contribution in [0, 0.1) is 12.7 Å². The number of benzene rings is 2. The van der Waals surface area contributed by atoms with E-state index in [4.69, 9.17) is 9.15 Å². The molecule has 0 saturated heterocycles. The van der Waals surface area contributed by atoms with Crippen molar-refractivity contribution in [3.63, 3.8) is 0 Å². The summed E-state index contributed by atoms with van der Waals surface area (Å²) < 4.78 is 24.2. The van der Waals surface area contributed by atoms with E-state index in [1.54, 1.807) is 12.1 Å². The Balaban J connectivity index is 1.99. The molecule has 0 aliphatic carbocycles. The minimum Gasteiger partial charge on any atom is -0.494 e. The van der Waals surface area contributed by atoms with E-state index in [0.717, 1.165) is 10.9 Å². The summed E-state index contributed by atoms with van der Waals surface area (Å²) in [5.41, 5.74) is 2.23. The van der Waals surface area contributed by atoms with Gasteiger partial charge in [0.05, 0.1) is 7.11 Å². The standard InChI is InChI=1S/C17H15FO3/c1-10-3-5-14-12(7-10)9-16(21-14)17(19)11-4-6-15(20-2)13(18)8-11/h3-9,17,19H,1-2H3. The second-order valence-corrected chi connectivity index (χ2v) is 4.99. The molecule has 1 heterocycles. The number of furan rings is 1. The van der Waals surface area contributed by atoms with Gasteiger partial charge in [-0.25, -0.2) is 4.39 Å². The van der Waals surface area contributed by atoms with E-state index < -0.39 is 11.9 Å². The molecule has 4 heteroatoms. The fraction of sp³-hybridized carbons (Fsp3) is 0.176. The molecule has 0 aliphatic rings. The Morgan fingerprint density at radius 3 is 2.67 bits per heavy atom. The number of hydrogen-bond acceptors (Lipinski definition) is 3. The maximum atomic E-state index is 13.7. The number of aliphatic hydroxyl groups is 1. The molecular formula is C17H15FO3. The summed E-state index contributed by atoms with van der Waals surface area (Å²) in [5, 5.41) is 11.3.